The first-order valence-electron chi connectivity index (χ1n) is 10.5. The van der Waals surface area contributed by atoms with Gasteiger partial charge in [-0.3, -0.25) is 13.9 Å². The standard InChI is InChI=1S/C24H19N3O8S2/c1-14-6-5-9-16(12-14)26-27-22-20(37(33,34)35)13-17-19(36(30,31)32)11-10-18(21(17)23(22)28)25-24(29)15-7-3-2-4-8-15/h2-13,28H,1H3,(H,25,29)(H,30,31,32)(H,33,34,35). The average Bonchev–Trinajstić information content (AvgIpc) is 2.82. The second kappa shape index (κ2) is 9.71. The molecular weight excluding hydrogens is 522 g/mol. The SMILES string of the molecule is Cc1cccc(N=Nc2c(S(=O)(=O)O)cc3c(S(=O)(=O)O)ccc(NC(=O)c4ccccc4)c3c2O)c1. The van der Waals surface area contributed by atoms with Gasteiger partial charge in [0.05, 0.1) is 16.8 Å². The molecule has 0 atom stereocenters. The molecule has 0 aliphatic rings. The highest BCUT2D eigenvalue weighted by Gasteiger charge is 2.27. The van der Waals surface area contributed by atoms with Crippen LogP contribution in [0.1, 0.15) is 15.9 Å². The maximum absolute atomic E-state index is 12.8. The lowest BCUT2D eigenvalue weighted by atomic mass is 10.1. The first-order chi connectivity index (χ1) is 17.4. The van der Waals surface area contributed by atoms with Gasteiger partial charge in [-0.2, -0.15) is 21.9 Å². The van der Waals surface area contributed by atoms with E-state index < -0.39 is 52.8 Å². The molecule has 0 fully saturated rings. The molecule has 0 saturated carbocycles. The van der Waals surface area contributed by atoms with Crippen molar-refractivity contribution in [2.75, 3.05) is 5.32 Å². The Hall–Kier alpha value is -4.17. The number of phenolic OH excluding ortho intramolecular Hbond substituents is 1. The minimum absolute atomic E-state index is 0.123. The van der Waals surface area contributed by atoms with Crippen molar-refractivity contribution in [1.29, 1.82) is 0 Å². The normalized spacial score (nSPS) is 12.2. The van der Waals surface area contributed by atoms with Gasteiger partial charge in [0.1, 0.15) is 15.5 Å². The van der Waals surface area contributed by atoms with E-state index in [1.807, 2.05) is 0 Å². The predicted molar refractivity (Wildman–Crippen MR) is 135 cm³/mol. The molecule has 1 amide bonds. The largest absolute Gasteiger partial charge is 0.505 e. The summed E-state index contributed by atoms with van der Waals surface area (Å²) >= 11 is 0. The van der Waals surface area contributed by atoms with Crippen LogP contribution in [0, 0.1) is 6.92 Å². The van der Waals surface area contributed by atoms with Crippen LogP contribution in [0.15, 0.2) is 92.8 Å². The van der Waals surface area contributed by atoms with E-state index in [9.17, 15) is 35.8 Å². The van der Waals surface area contributed by atoms with E-state index in [0.29, 0.717) is 5.69 Å². The summed E-state index contributed by atoms with van der Waals surface area (Å²) in [4.78, 5) is 11.0. The van der Waals surface area contributed by atoms with Crippen LogP contribution in [0.2, 0.25) is 0 Å². The Bertz CT molecular complexity index is 1790. The van der Waals surface area contributed by atoms with E-state index in [0.717, 1.165) is 23.8 Å². The summed E-state index contributed by atoms with van der Waals surface area (Å²) in [6.45, 7) is 1.79. The highest BCUT2D eigenvalue weighted by molar-refractivity contribution is 7.86. The fourth-order valence-corrected chi connectivity index (χ4v) is 4.97. The minimum Gasteiger partial charge on any atom is -0.505 e. The molecule has 0 heterocycles. The molecular formula is C24H19N3O8S2. The summed E-state index contributed by atoms with van der Waals surface area (Å²) in [7, 11) is -10.0. The molecule has 4 aromatic carbocycles. The fourth-order valence-electron chi connectivity index (χ4n) is 3.64. The summed E-state index contributed by atoms with van der Waals surface area (Å²) in [5.74, 6) is -1.53. The van der Waals surface area contributed by atoms with Crippen molar-refractivity contribution in [1.82, 2.24) is 0 Å². The molecule has 0 spiro atoms. The van der Waals surface area contributed by atoms with Crippen LogP contribution in [0.4, 0.5) is 17.1 Å². The summed E-state index contributed by atoms with van der Waals surface area (Å²) < 4.78 is 68.0. The number of nitrogens with zero attached hydrogens (tertiary/aromatic N) is 2. The Morgan fingerprint density at radius 3 is 2.11 bits per heavy atom. The second-order valence-corrected chi connectivity index (χ2v) is 10.7. The van der Waals surface area contributed by atoms with E-state index in [4.69, 9.17) is 0 Å². The first-order valence-corrected chi connectivity index (χ1v) is 13.4. The van der Waals surface area contributed by atoms with Gasteiger partial charge in [0.25, 0.3) is 26.1 Å². The van der Waals surface area contributed by atoms with Gasteiger partial charge in [-0.15, -0.1) is 5.11 Å². The van der Waals surface area contributed by atoms with Crippen molar-refractivity contribution in [2.45, 2.75) is 16.7 Å². The van der Waals surface area contributed by atoms with E-state index >= 15 is 0 Å². The molecule has 0 saturated heterocycles. The lowest BCUT2D eigenvalue weighted by Crippen LogP contribution is -2.12. The zero-order valence-electron chi connectivity index (χ0n) is 19.0. The van der Waals surface area contributed by atoms with Crippen LogP contribution in [0.5, 0.6) is 5.75 Å². The van der Waals surface area contributed by atoms with E-state index in [1.165, 1.54) is 12.1 Å². The van der Waals surface area contributed by atoms with Gasteiger partial charge < -0.3 is 10.4 Å². The number of benzene rings is 4. The van der Waals surface area contributed by atoms with Crippen molar-refractivity contribution in [3.63, 3.8) is 0 Å². The van der Waals surface area contributed by atoms with Crippen molar-refractivity contribution in [2.24, 2.45) is 10.2 Å². The van der Waals surface area contributed by atoms with E-state index in [1.54, 1.807) is 49.4 Å². The van der Waals surface area contributed by atoms with Gasteiger partial charge in [-0.05, 0) is 55.0 Å². The molecule has 0 aliphatic heterocycles. The summed E-state index contributed by atoms with van der Waals surface area (Å²) in [6, 6.07) is 17.3. The number of azo groups is 1. The first kappa shape index (κ1) is 25.9. The number of aromatic hydroxyl groups is 1. The molecule has 0 aromatic heterocycles. The Morgan fingerprint density at radius 1 is 0.811 bits per heavy atom. The number of anilines is 1. The zero-order chi connectivity index (χ0) is 27.0. The third-order valence-electron chi connectivity index (χ3n) is 5.28. The highest BCUT2D eigenvalue weighted by Crippen LogP contribution is 2.46. The number of rotatable bonds is 6. The van der Waals surface area contributed by atoms with Gasteiger partial charge in [0.2, 0.25) is 0 Å². The van der Waals surface area contributed by atoms with Crippen LogP contribution >= 0.6 is 0 Å². The van der Waals surface area contributed by atoms with Crippen LogP contribution in [-0.4, -0.2) is 37.0 Å². The average molecular weight is 542 g/mol. The predicted octanol–water partition coefficient (Wildman–Crippen LogP) is 5.01. The lowest BCUT2D eigenvalue weighted by molar-refractivity contribution is 0.102. The Balaban J connectivity index is 2.02. The van der Waals surface area contributed by atoms with Gasteiger partial charge in [0.15, 0.2) is 5.75 Å². The van der Waals surface area contributed by atoms with Crippen molar-refractivity contribution in [3.8, 4) is 5.75 Å². The van der Waals surface area contributed by atoms with Gasteiger partial charge in [0, 0.05) is 10.9 Å². The summed E-state index contributed by atoms with van der Waals surface area (Å²) in [5, 5.41) is 20.5. The van der Waals surface area contributed by atoms with Crippen LogP contribution in [0.25, 0.3) is 10.8 Å². The number of aryl methyl sites for hydroxylation is 1. The van der Waals surface area contributed by atoms with Crippen molar-refractivity contribution in [3.05, 3.63) is 83.9 Å². The van der Waals surface area contributed by atoms with Crippen LogP contribution in [-0.2, 0) is 20.2 Å². The quantitative estimate of drug-likeness (QED) is 0.194. The molecule has 190 valence electrons. The molecule has 0 unspecified atom stereocenters. The molecule has 4 rings (SSSR count). The number of phenols is 1. The van der Waals surface area contributed by atoms with Crippen molar-refractivity contribution >= 4 is 54.0 Å². The van der Waals surface area contributed by atoms with E-state index in [-0.39, 0.29) is 16.6 Å². The molecule has 0 radical (unpaired) electrons. The number of hydrogen-bond donors (Lipinski definition) is 4. The monoisotopic (exact) mass is 541 g/mol. The van der Waals surface area contributed by atoms with Gasteiger partial charge >= 0.3 is 0 Å². The zero-order valence-corrected chi connectivity index (χ0v) is 20.7. The summed E-state index contributed by atoms with van der Waals surface area (Å²) in [6.07, 6.45) is 0. The van der Waals surface area contributed by atoms with Crippen molar-refractivity contribution < 1.29 is 35.8 Å². The molecule has 37 heavy (non-hydrogen) atoms. The van der Waals surface area contributed by atoms with Gasteiger partial charge in [-0.1, -0.05) is 30.3 Å². The number of carbonyl (C=O) groups is 1. The lowest BCUT2D eigenvalue weighted by Gasteiger charge is -2.15. The molecule has 4 N–H and O–H groups in total. The molecule has 0 bridgehead atoms. The number of amides is 1. The second-order valence-electron chi connectivity index (χ2n) is 7.92. The number of hydrogen-bond acceptors (Lipinski definition) is 8. The third-order valence-corrected chi connectivity index (χ3v) is 7.06. The number of nitrogens with one attached hydrogen (secondary N) is 1. The molecule has 0 aliphatic carbocycles. The van der Waals surface area contributed by atoms with Crippen LogP contribution in [0.3, 0.4) is 0 Å². The molecule has 13 heteroatoms. The fraction of sp³-hybridized carbons (Fsp3) is 0.0417. The Kier molecular flexibility index (Phi) is 6.80. The highest BCUT2D eigenvalue weighted by atomic mass is 32.2. The smallest absolute Gasteiger partial charge is 0.296 e. The maximum Gasteiger partial charge on any atom is 0.296 e. The number of fused-ring (bicyclic) bond motifs is 1. The topological polar surface area (TPSA) is 183 Å². The number of carbonyl (C=O) groups excluding carboxylic acids is 1. The Morgan fingerprint density at radius 2 is 1.49 bits per heavy atom. The Labute approximate surface area is 211 Å². The van der Waals surface area contributed by atoms with Gasteiger partial charge in [-0.25, -0.2) is 0 Å². The maximum atomic E-state index is 12.8. The third kappa shape index (κ3) is 5.49. The molecule has 11 nitrogen and oxygen atoms in total. The minimum atomic E-state index is -5.08. The summed E-state index contributed by atoms with van der Waals surface area (Å²) in [5.41, 5.74) is 0.521. The molecule has 4 aromatic rings. The van der Waals surface area contributed by atoms with E-state index in [2.05, 4.69) is 15.5 Å². The van der Waals surface area contributed by atoms with Crippen LogP contribution < -0.4 is 5.32 Å².